The molecule has 9 heteroatoms. The zero-order valence-corrected chi connectivity index (χ0v) is 16.8. The summed E-state index contributed by atoms with van der Waals surface area (Å²) in [5.74, 6) is 1.12. The highest BCUT2D eigenvalue weighted by Gasteiger charge is 2.20. The van der Waals surface area contributed by atoms with Crippen LogP contribution in [0.5, 0.6) is 0 Å². The summed E-state index contributed by atoms with van der Waals surface area (Å²) < 4.78 is 1.56. The number of para-hydroxylation sites is 1. The van der Waals surface area contributed by atoms with Gasteiger partial charge in [-0.25, -0.2) is 9.67 Å². The van der Waals surface area contributed by atoms with Crippen molar-refractivity contribution in [3.63, 3.8) is 0 Å². The first kappa shape index (κ1) is 21.0. The van der Waals surface area contributed by atoms with Gasteiger partial charge in [-0.1, -0.05) is 36.2 Å². The maximum Gasteiger partial charge on any atom is 0.290 e. The summed E-state index contributed by atoms with van der Waals surface area (Å²) in [5.41, 5.74) is 0.547. The van der Waals surface area contributed by atoms with Crippen LogP contribution < -0.4 is 10.6 Å². The molecule has 6 nitrogen and oxygen atoms in total. The Balaban J connectivity index is 0.00000243. The third kappa shape index (κ3) is 4.68. The molecule has 2 N–H and O–H groups in total. The molecular weight excluding hydrogens is 397 g/mol. The van der Waals surface area contributed by atoms with E-state index in [2.05, 4.69) is 20.7 Å². The maximum atomic E-state index is 12.4. The molecule has 3 rings (SSSR count). The van der Waals surface area contributed by atoms with Crippen LogP contribution >= 0.6 is 35.6 Å². The van der Waals surface area contributed by atoms with E-state index in [-0.39, 0.29) is 24.1 Å². The minimum atomic E-state index is -0.275. The number of hydrogen-bond acceptors (Lipinski definition) is 4. The number of carbonyl (C=O) groups excluding carboxylic acids is 1. The van der Waals surface area contributed by atoms with E-state index in [4.69, 9.17) is 23.2 Å². The quantitative estimate of drug-likeness (QED) is 0.755. The lowest BCUT2D eigenvalue weighted by Gasteiger charge is -2.08. The van der Waals surface area contributed by atoms with Crippen molar-refractivity contribution < 1.29 is 4.79 Å². The van der Waals surface area contributed by atoms with Crippen molar-refractivity contribution in [1.29, 1.82) is 0 Å². The first-order valence-electron chi connectivity index (χ1n) is 8.49. The van der Waals surface area contributed by atoms with Crippen LogP contribution in [-0.2, 0) is 6.42 Å². The molecule has 1 amide bonds. The van der Waals surface area contributed by atoms with Gasteiger partial charge in [-0.3, -0.25) is 4.79 Å². The Kier molecular flexibility index (Phi) is 7.70. The Morgan fingerprint density at radius 1 is 1.38 bits per heavy atom. The second-order valence-electron chi connectivity index (χ2n) is 6.09. The molecule has 1 aliphatic heterocycles. The highest BCUT2D eigenvalue weighted by Crippen LogP contribution is 2.28. The standard InChI is InChI=1S/C17H21Cl2N5O.ClH/c1-2-14-22-16(17(25)21-9-7-11-6-8-20-10-11)23-24(14)15-12(18)4-3-5-13(15)19;/h3-5,11,20H,2,6-10H2,1H3,(H,21,25);1H. The van der Waals surface area contributed by atoms with Gasteiger partial charge in [0.2, 0.25) is 5.82 Å². The Morgan fingerprint density at radius 3 is 2.73 bits per heavy atom. The fraction of sp³-hybridized carbons (Fsp3) is 0.471. The van der Waals surface area contributed by atoms with E-state index in [0.717, 1.165) is 25.9 Å². The average Bonchev–Trinajstić information content (AvgIpc) is 3.24. The Morgan fingerprint density at radius 2 is 2.12 bits per heavy atom. The predicted molar refractivity (Wildman–Crippen MR) is 106 cm³/mol. The molecule has 1 atom stereocenters. The lowest BCUT2D eigenvalue weighted by Crippen LogP contribution is -2.27. The molecule has 2 heterocycles. The molecule has 1 saturated heterocycles. The number of nitrogens with one attached hydrogen (secondary N) is 2. The van der Waals surface area contributed by atoms with Gasteiger partial charge in [-0.05, 0) is 44.0 Å². The molecule has 1 aromatic carbocycles. The van der Waals surface area contributed by atoms with Gasteiger partial charge in [0, 0.05) is 13.0 Å². The fourth-order valence-corrected chi connectivity index (χ4v) is 3.53. The second-order valence-corrected chi connectivity index (χ2v) is 6.91. The van der Waals surface area contributed by atoms with Crippen LogP contribution in [0.4, 0.5) is 0 Å². The Bertz CT molecular complexity index is 739. The Hall–Kier alpha value is -1.34. The molecule has 26 heavy (non-hydrogen) atoms. The second kappa shape index (κ2) is 9.55. The number of hydrogen-bond donors (Lipinski definition) is 2. The third-order valence-electron chi connectivity index (χ3n) is 4.34. The first-order chi connectivity index (χ1) is 12.1. The summed E-state index contributed by atoms with van der Waals surface area (Å²) >= 11 is 12.5. The van der Waals surface area contributed by atoms with Crippen molar-refractivity contribution in [1.82, 2.24) is 25.4 Å². The van der Waals surface area contributed by atoms with Gasteiger partial charge in [-0.15, -0.1) is 17.5 Å². The number of amides is 1. The summed E-state index contributed by atoms with van der Waals surface area (Å²) in [6, 6.07) is 5.24. The van der Waals surface area contributed by atoms with Gasteiger partial charge in [0.05, 0.1) is 10.0 Å². The number of benzene rings is 1. The molecule has 1 fully saturated rings. The zero-order chi connectivity index (χ0) is 17.8. The highest BCUT2D eigenvalue weighted by atomic mass is 35.5. The van der Waals surface area contributed by atoms with Crippen LogP contribution in [0.1, 0.15) is 36.2 Å². The van der Waals surface area contributed by atoms with Crippen molar-refractivity contribution in [2.75, 3.05) is 19.6 Å². The van der Waals surface area contributed by atoms with Gasteiger partial charge in [0.1, 0.15) is 11.5 Å². The summed E-state index contributed by atoms with van der Waals surface area (Å²) in [7, 11) is 0. The number of aromatic nitrogens is 3. The van der Waals surface area contributed by atoms with E-state index in [9.17, 15) is 4.79 Å². The van der Waals surface area contributed by atoms with Gasteiger partial charge >= 0.3 is 0 Å². The van der Waals surface area contributed by atoms with Crippen LogP contribution in [0.15, 0.2) is 18.2 Å². The van der Waals surface area contributed by atoms with Gasteiger partial charge in [-0.2, -0.15) is 0 Å². The molecule has 1 aromatic heterocycles. The van der Waals surface area contributed by atoms with Crippen LogP contribution in [0.25, 0.3) is 5.69 Å². The molecule has 2 aromatic rings. The van der Waals surface area contributed by atoms with Crippen LogP contribution in [0, 0.1) is 5.92 Å². The first-order valence-corrected chi connectivity index (χ1v) is 9.25. The summed E-state index contributed by atoms with van der Waals surface area (Å²) in [6.07, 6.45) is 2.72. The minimum absolute atomic E-state index is 0. The Labute approximate surface area is 169 Å². The average molecular weight is 419 g/mol. The van der Waals surface area contributed by atoms with Crippen molar-refractivity contribution in [3.05, 3.63) is 39.9 Å². The maximum absolute atomic E-state index is 12.4. The number of rotatable bonds is 6. The fourth-order valence-electron chi connectivity index (χ4n) is 2.97. The van der Waals surface area contributed by atoms with Crippen molar-refractivity contribution in [2.45, 2.75) is 26.2 Å². The van der Waals surface area contributed by atoms with Gasteiger partial charge in [0.15, 0.2) is 0 Å². The summed E-state index contributed by atoms with van der Waals surface area (Å²) in [4.78, 5) is 16.7. The van der Waals surface area contributed by atoms with Crippen molar-refractivity contribution >= 4 is 41.5 Å². The number of halogens is 3. The van der Waals surface area contributed by atoms with E-state index >= 15 is 0 Å². The predicted octanol–water partition coefficient (Wildman–Crippen LogP) is 3.29. The lowest BCUT2D eigenvalue weighted by atomic mass is 10.1. The third-order valence-corrected chi connectivity index (χ3v) is 4.95. The van der Waals surface area contributed by atoms with E-state index in [1.54, 1.807) is 22.9 Å². The summed E-state index contributed by atoms with van der Waals surface area (Å²) in [6.45, 7) is 4.64. The zero-order valence-electron chi connectivity index (χ0n) is 14.5. The molecule has 0 radical (unpaired) electrons. The smallest absolute Gasteiger partial charge is 0.290 e. The monoisotopic (exact) mass is 417 g/mol. The number of nitrogens with zero attached hydrogens (tertiary/aromatic N) is 3. The topological polar surface area (TPSA) is 71.8 Å². The van der Waals surface area contributed by atoms with Crippen molar-refractivity contribution in [2.24, 2.45) is 5.92 Å². The van der Waals surface area contributed by atoms with Crippen LogP contribution in [0.2, 0.25) is 10.0 Å². The molecule has 0 aliphatic carbocycles. The highest BCUT2D eigenvalue weighted by molar-refractivity contribution is 6.37. The lowest BCUT2D eigenvalue weighted by molar-refractivity contribution is 0.0941. The molecule has 142 valence electrons. The minimum Gasteiger partial charge on any atom is -0.349 e. The van der Waals surface area contributed by atoms with Crippen molar-refractivity contribution in [3.8, 4) is 5.69 Å². The number of aryl methyl sites for hydroxylation is 1. The normalized spacial score (nSPS) is 16.3. The van der Waals surface area contributed by atoms with Gasteiger partial charge in [0.25, 0.3) is 5.91 Å². The van der Waals surface area contributed by atoms with E-state index in [1.165, 1.54) is 0 Å². The molecular formula is C17H22Cl3N5O. The van der Waals surface area contributed by atoms with E-state index in [0.29, 0.717) is 40.4 Å². The van der Waals surface area contributed by atoms with Crippen LogP contribution in [-0.4, -0.2) is 40.3 Å². The molecule has 1 unspecified atom stereocenters. The molecule has 0 spiro atoms. The summed E-state index contributed by atoms with van der Waals surface area (Å²) in [5, 5.41) is 11.5. The van der Waals surface area contributed by atoms with Gasteiger partial charge < -0.3 is 10.6 Å². The SMILES string of the molecule is CCc1nc(C(=O)NCCC2CCNC2)nn1-c1c(Cl)cccc1Cl.Cl. The molecule has 0 saturated carbocycles. The number of carbonyl (C=O) groups is 1. The molecule has 1 aliphatic rings. The van der Waals surface area contributed by atoms with Crippen LogP contribution in [0.3, 0.4) is 0 Å². The van der Waals surface area contributed by atoms with E-state index in [1.807, 2.05) is 6.92 Å². The van der Waals surface area contributed by atoms with E-state index < -0.39 is 0 Å². The molecule has 0 bridgehead atoms. The largest absolute Gasteiger partial charge is 0.349 e.